The molecule has 3 rings (SSSR count). The number of hydrogen-bond donors (Lipinski definition) is 1. The number of rotatable bonds is 10. The Morgan fingerprint density at radius 2 is 1.97 bits per heavy atom. The third kappa shape index (κ3) is 6.90. The summed E-state index contributed by atoms with van der Waals surface area (Å²) in [5.41, 5.74) is 8.66. The van der Waals surface area contributed by atoms with Crippen LogP contribution in [0.4, 0.5) is 0 Å². The zero-order valence-corrected chi connectivity index (χ0v) is 22.3. The number of methoxy groups -OCH3 is 1. The lowest BCUT2D eigenvalue weighted by Crippen LogP contribution is -2.38. The number of nitrogens with zero attached hydrogens (tertiary/aromatic N) is 2. The minimum Gasteiger partial charge on any atom is -0.497 e. The Morgan fingerprint density at radius 3 is 2.47 bits per heavy atom. The first-order chi connectivity index (χ1) is 15.9. The van der Waals surface area contributed by atoms with E-state index < -0.39 is 17.1 Å². The third-order valence-corrected chi connectivity index (χ3v) is 7.54. The van der Waals surface area contributed by atoms with Crippen LogP contribution >= 0.6 is 11.8 Å². The number of nitrogens with two attached hydrogens (primary N) is 1. The molecule has 0 saturated carbocycles. The maximum Gasteiger partial charge on any atom is 0.325 e. The van der Waals surface area contributed by atoms with Crippen LogP contribution < -0.4 is 10.5 Å². The van der Waals surface area contributed by atoms with Gasteiger partial charge in [0, 0.05) is 36.6 Å². The van der Waals surface area contributed by atoms with E-state index >= 15 is 0 Å². The van der Waals surface area contributed by atoms with Gasteiger partial charge in [0.25, 0.3) is 6.47 Å². The summed E-state index contributed by atoms with van der Waals surface area (Å²) in [5.74, 6) is 0.621. The van der Waals surface area contributed by atoms with Crippen molar-refractivity contribution in [3.05, 3.63) is 30.0 Å². The van der Waals surface area contributed by atoms with E-state index in [1.165, 1.54) is 28.2 Å². The molecular weight excluding hydrogens is 454 g/mol. The van der Waals surface area contributed by atoms with E-state index in [1.807, 2.05) is 19.9 Å². The van der Waals surface area contributed by atoms with Gasteiger partial charge in [0.1, 0.15) is 11.0 Å². The highest BCUT2D eigenvalue weighted by molar-refractivity contribution is 8.09. The van der Waals surface area contributed by atoms with Crippen LogP contribution in [0, 0.1) is 11.8 Å². The van der Waals surface area contributed by atoms with Crippen molar-refractivity contribution < 1.29 is 23.8 Å². The molecule has 0 aliphatic carbocycles. The first-order valence-corrected chi connectivity index (χ1v) is 12.4. The third-order valence-electron chi connectivity index (χ3n) is 5.86. The minimum atomic E-state index is -0.836. The van der Waals surface area contributed by atoms with Gasteiger partial charge in [-0.05, 0) is 50.2 Å². The van der Waals surface area contributed by atoms with Crippen molar-refractivity contribution in [3.63, 3.8) is 0 Å². The van der Waals surface area contributed by atoms with Crippen LogP contribution in [0.3, 0.4) is 0 Å². The van der Waals surface area contributed by atoms with Crippen LogP contribution in [0.15, 0.2) is 24.4 Å². The van der Waals surface area contributed by atoms with Gasteiger partial charge in [-0.3, -0.25) is 9.59 Å². The number of esters is 1. The summed E-state index contributed by atoms with van der Waals surface area (Å²) < 4.78 is 17.3. The summed E-state index contributed by atoms with van der Waals surface area (Å²) in [6, 6.07) is 6.26. The number of thioether (sulfide) groups is 1. The molecule has 2 heterocycles. The predicted molar refractivity (Wildman–Crippen MR) is 137 cm³/mol. The van der Waals surface area contributed by atoms with E-state index in [0.29, 0.717) is 0 Å². The molecule has 3 unspecified atom stereocenters. The van der Waals surface area contributed by atoms with Crippen molar-refractivity contribution >= 4 is 35.1 Å². The van der Waals surface area contributed by atoms with Gasteiger partial charge in [0.15, 0.2) is 0 Å². The number of ether oxygens (including phenoxy) is 3. The number of fused-ring (bicyclic) bond motifs is 1. The highest BCUT2D eigenvalue weighted by Crippen LogP contribution is 2.54. The van der Waals surface area contributed by atoms with E-state index in [0.717, 1.165) is 18.7 Å². The number of aryl methyl sites for hydroxylation is 1. The zero-order valence-electron chi connectivity index (χ0n) is 21.5. The van der Waals surface area contributed by atoms with E-state index in [4.69, 9.17) is 19.9 Å². The molecule has 2 N–H and O–H groups in total. The molecule has 0 bridgehead atoms. The summed E-state index contributed by atoms with van der Waals surface area (Å²) in [4.78, 5) is 23.7. The summed E-state index contributed by atoms with van der Waals surface area (Å²) in [5, 5.41) is 0.938. The Hall–Kier alpha value is -2.23. The fourth-order valence-electron chi connectivity index (χ4n) is 3.52. The fourth-order valence-corrected chi connectivity index (χ4v) is 4.65. The number of aromatic nitrogens is 1. The maximum absolute atomic E-state index is 11.8. The van der Waals surface area contributed by atoms with Gasteiger partial charge < -0.3 is 29.4 Å². The molecule has 1 aromatic heterocycles. The number of carbonyl (C=O) groups excluding carboxylic acids is 2. The van der Waals surface area contributed by atoms with Crippen LogP contribution in [0.2, 0.25) is 0 Å². The van der Waals surface area contributed by atoms with E-state index in [2.05, 4.69) is 48.9 Å². The molecule has 1 aliphatic heterocycles. The topological polar surface area (TPSA) is 96.0 Å². The van der Waals surface area contributed by atoms with Crippen molar-refractivity contribution in [2.75, 3.05) is 27.7 Å². The normalized spacial score (nSPS) is 20.2. The van der Waals surface area contributed by atoms with Gasteiger partial charge in [-0.2, -0.15) is 0 Å². The summed E-state index contributed by atoms with van der Waals surface area (Å²) in [6.07, 6.45) is 2.45. The molecule has 190 valence electrons. The van der Waals surface area contributed by atoms with Crippen molar-refractivity contribution in [1.82, 2.24) is 9.47 Å². The highest BCUT2D eigenvalue weighted by Gasteiger charge is 2.60. The molecule has 0 amide bonds. The molecule has 3 atom stereocenters. The van der Waals surface area contributed by atoms with E-state index in [-0.39, 0.29) is 23.6 Å². The SMILES string of the molecule is CC(C)C(OC=O)OC(=O)C1SC1(N)C(C)C.COc1ccc2c(c1)c(CCN(C)C)cn2C. The molecule has 0 spiro atoms. The summed E-state index contributed by atoms with van der Waals surface area (Å²) in [7, 11) is 8.01. The number of likely N-dealkylation sites (N-methyl/N-ethyl adjacent to an activating group) is 1. The average molecular weight is 494 g/mol. The molecule has 1 fully saturated rings. The summed E-state index contributed by atoms with van der Waals surface area (Å²) in [6.45, 7) is 8.88. The number of benzene rings is 1. The Balaban J connectivity index is 0.000000240. The van der Waals surface area contributed by atoms with Crippen molar-refractivity contribution in [2.45, 2.75) is 50.5 Å². The molecule has 1 saturated heterocycles. The van der Waals surface area contributed by atoms with Gasteiger partial charge in [0.05, 0.1) is 12.0 Å². The minimum absolute atomic E-state index is 0.0841. The Bertz CT molecular complexity index is 975. The van der Waals surface area contributed by atoms with Gasteiger partial charge in [-0.25, -0.2) is 0 Å². The monoisotopic (exact) mass is 493 g/mol. The zero-order chi connectivity index (χ0) is 25.6. The van der Waals surface area contributed by atoms with Crippen molar-refractivity contribution in [3.8, 4) is 5.75 Å². The van der Waals surface area contributed by atoms with Gasteiger partial charge in [-0.1, -0.05) is 27.7 Å². The van der Waals surface area contributed by atoms with Crippen LogP contribution in [-0.4, -0.2) is 66.1 Å². The van der Waals surface area contributed by atoms with E-state index in [9.17, 15) is 9.59 Å². The van der Waals surface area contributed by atoms with Crippen molar-refractivity contribution in [1.29, 1.82) is 0 Å². The molecule has 0 radical (unpaired) electrons. The van der Waals surface area contributed by atoms with Crippen LogP contribution in [-0.2, 0) is 32.5 Å². The maximum atomic E-state index is 11.8. The van der Waals surface area contributed by atoms with Gasteiger partial charge in [0.2, 0.25) is 6.29 Å². The Kier molecular flexibility index (Phi) is 9.84. The molecule has 2 aromatic rings. The van der Waals surface area contributed by atoms with Crippen LogP contribution in [0.25, 0.3) is 10.9 Å². The Labute approximate surface area is 207 Å². The Morgan fingerprint density at radius 1 is 1.29 bits per heavy atom. The first-order valence-electron chi connectivity index (χ1n) is 11.5. The van der Waals surface area contributed by atoms with Gasteiger partial charge in [-0.15, -0.1) is 11.8 Å². The molecule has 9 heteroatoms. The lowest BCUT2D eigenvalue weighted by Gasteiger charge is -2.20. The molecule has 1 aromatic carbocycles. The van der Waals surface area contributed by atoms with Crippen molar-refractivity contribution in [2.24, 2.45) is 24.6 Å². The van der Waals surface area contributed by atoms with E-state index in [1.54, 1.807) is 21.0 Å². The fraction of sp³-hybridized carbons (Fsp3) is 0.600. The first kappa shape index (κ1) is 28.0. The van der Waals surface area contributed by atoms with Crippen LogP contribution in [0.1, 0.15) is 33.3 Å². The standard InChI is InChI=1S/C14H20N2O.C11H19NO4S/c1-15(2)8-7-11-10-16(3)14-6-5-12(17-4)9-13(11)14;1-6(2)10(15-5-13)16-9(14)8-11(12,17-8)7(3)4/h5-6,9-10H,7-8H2,1-4H3;5-8,10H,12H2,1-4H3. The predicted octanol–water partition coefficient (Wildman–Crippen LogP) is 3.40. The number of hydrogen-bond acceptors (Lipinski definition) is 8. The average Bonchev–Trinajstić information content (AvgIpc) is 3.39. The smallest absolute Gasteiger partial charge is 0.325 e. The highest BCUT2D eigenvalue weighted by atomic mass is 32.2. The molecule has 34 heavy (non-hydrogen) atoms. The summed E-state index contributed by atoms with van der Waals surface area (Å²) >= 11 is 1.39. The number of carbonyl (C=O) groups is 2. The van der Waals surface area contributed by atoms with Gasteiger partial charge >= 0.3 is 5.97 Å². The lowest BCUT2D eigenvalue weighted by atomic mass is 10.0. The second kappa shape index (κ2) is 12.0. The molecule has 8 nitrogen and oxygen atoms in total. The second-order valence-electron chi connectivity index (χ2n) is 9.49. The van der Waals surface area contributed by atoms with Crippen LogP contribution in [0.5, 0.6) is 5.75 Å². The molecule has 1 aliphatic rings. The molecular formula is C25H39N3O5S. The quantitative estimate of drug-likeness (QED) is 0.233. The largest absolute Gasteiger partial charge is 0.497 e. The second-order valence-corrected chi connectivity index (χ2v) is 10.9. The lowest BCUT2D eigenvalue weighted by molar-refractivity contribution is -0.186.